The fourth-order valence-electron chi connectivity index (χ4n) is 3.29. The maximum Gasteiger partial charge on any atom is 0.0624 e. The molecule has 0 saturated carbocycles. The van der Waals surface area contributed by atoms with Gasteiger partial charge in [0.15, 0.2) is 0 Å². The zero-order chi connectivity index (χ0) is 14.1. The lowest BCUT2D eigenvalue weighted by molar-refractivity contribution is 0.455. The Morgan fingerprint density at radius 3 is 3.15 bits per heavy atom. The first-order chi connectivity index (χ1) is 9.69. The molecule has 0 amide bonds. The molecule has 2 unspecified atom stereocenters. The molecule has 0 spiro atoms. The maximum atomic E-state index is 6.54. The van der Waals surface area contributed by atoms with Gasteiger partial charge in [0.1, 0.15) is 0 Å². The van der Waals surface area contributed by atoms with Gasteiger partial charge in [0, 0.05) is 36.0 Å². The first-order valence-corrected chi connectivity index (χ1v) is 8.40. The van der Waals surface area contributed by atoms with E-state index in [1.165, 1.54) is 30.5 Å². The van der Waals surface area contributed by atoms with Crippen molar-refractivity contribution >= 4 is 11.3 Å². The Morgan fingerprint density at radius 1 is 1.55 bits per heavy atom. The minimum Gasteiger partial charge on any atom is -0.327 e. The standard InChI is InChI=1S/C16H23N3S/c1-3-11-9-12(19(2)18-11)10-15(17)13-5-4-6-16-14(13)7-8-20-16/h7-9,13,15H,3-6,10,17H2,1-2H3. The van der Waals surface area contributed by atoms with E-state index in [2.05, 4.69) is 29.5 Å². The van der Waals surface area contributed by atoms with E-state index in [-0.39, 0.29) is 6.04 Å². The highest BCUT2D eigenvalue weighted by Crippen LogP contribution is 2.37. The highest BCUT2D eigenvalue weighted by Gasteiger charge is 2.27. The predicted octanol–water partition coefficient (Wildman–Crippen LogP) is 3.03. The summed E-state index contributed by atoms with van der Waals surface area (Å²) in [6.07, 6.45) is 5.65. The summed E-state index contributed by atoms with van der Waals surface area (Å²) in [7, 11) is 2.03. The van der Waals surface area contributed by atoms with Gasteiger partial charge >= 0.3 is 0 Å². The maximum absolute atomic E-state index is 6.54. The molecule has 2 aromatic heterocycles. The van der Waals surface area contributed by atoms with Gasteiger partial charge in [-0.25, -0.2) is 0 Å². The smallest absolute Gasteiger partial charge is 0.0624 e. The third-order valence-electron chi connectivity index (χ3n) is 4.45. The van der Waals surface area contributed by atoms with Crippen molar-refractivity contribution in [2.45, 2.75) is 51.0 Å². The van der Waals surface area contributed by atoms with Gasteiger partial charge in [0.05, 0.1) is 5.69 Å². The molecule has 1 aliphatic rings. The van der Waals surface area contributed by atoms with Gasteiger partial charge < -0.3 is 5.73 Å². The highest BCUT2D eigenvalue weighted by atomic mass is 32.1. The number of nitrogens with zero attached hydrogens (tertiary/aromatic N) is 2. The summed E-state index contributed by atoms with van der Waals surface area (Å²) < 4.78 is 2.00. The van der Waals surface area contributed by atoms with E-state index in [4.69, 9.17) is 5.73 Å². The molecule has 20 heavy (non-hydrogen) atoms. The van der Waals surface area contributed by atoms with Crippen LogP contribution in [0.5, 0.6) is 0 Å². The number of aromatic nitrogens is 2. The Labute approximate surface area is 124 Å². The van der Waals surface area contributed by atoms with E-state index < -0.39 is 0 Å². The summed E-state index contributed by atoms with van der Waals surface area (Å²) in [5, 5.41) is 6.74. The number of fused-ring (bicyclic) bond motifs is 1. The summed E-state index contributed by atoms with van der Waals surface area (Å²) in [5.41, 5.74) is 10.5. The van der Waals surface area contributed by atoms with Crippen molar-refractivity contribution in [2.75, 3.05) is 0 Å². The molecule has 2 atom stereocenters. The second kappa shape index (κ2) is 5.70. The predicted molar refractivity (Wildman–Crippen MR) is 84.3 cm³/mol. The summed E-state index contributed by atoms with van der Waals surface area (Å²) in [4.78, 5) is 1.55. The molecule has 0 radical (unpaired) electrons. The van der Waals surface area contributed by atoms with Crippen LogP contribution in [0.3, 0.4) is 0 Å². The lowest BCUT2D eigenvalue weighted by Crippen LogP contribution is -2.33. The topological polar surface area (TPSA) is 43.8 Å². The van der Waals surface area contributed by atoms with E-state index >= 15 is 0 Å². The van der Waals surface area contributed by atoms with Crippen molar-refractivity contribution in [1.82, 2.24) is 9.78 Å². The summed E-state index contributed by atoms with van der Waals surface area (Å²) in [6.45, 7) is 2.14. The van der Waals surface area contributed by atoms with Gasteiger partial charge in [-0.15, -0.1) is 11.3 Å². The van der Waals surface area contributed by atoms with Crippen LogP contribution < -0.4 is 5.73 Å². The third-order valence-corrected chi connectivity index (χ3v) is 5.45. The molecule has 2 aromatic rings. The zero-order valence-corrected chi connectivity index (χ0v) is 13.1. The molecule has 0 bridgehead atoms. The van der Waals surface area contributed by atoms with Crippen LogP contribution in [0.15, 0.2) is 17.5 Å². The minimum absolute atomic E-state index is 0.198. The average molecular weight is 289 g/mol. The Bertz CT molecular complexity index is 584. The van der Waals surface area contributed by atoms with Crippen molar-refractivity contribution in [2.24, 2.45) is 12.8 Å². The van der Waals surface area contributed by atoms with Crippen LogP contribution in [0, 0.1) is 0 Å². The van der Waals surface area contributed by atoms with E-state index in [1.807, 2.05) is 23.1 Å². The number of rotatable bonds is 4. The summed E-state index contributed by atoms with van der Waals surface area (Å²) >= 11 is 1.89. The number of thiophene rings is 1. The quantitative estimate of drug-likeness (QED) is 0.940. The molecule has 4 heteroatoms. The van der Waals surface area contributed by atoms with E-state index in [0.29, 0.717) is 5.92 Å². The Morgan fingerprint density at radius 2 is 2.40 bits per heavy atom. The SMILES string of the molecule is CCc1cc(CC(N)C2CCCc3sccc32)n(C)n1. The van der Waals surface area contributed by atoms with Crippen molar-refractivity contribution < 1.29 is 0 Å². The highest BCUT2D eigenvalue weighted by molar-refractivity contribution is 7.10. The molecule has 2 heterocycles. The molecule has 0 aromatic carbocycles. The van der Waals surface area contributed by atoms with Crippen LogP contribution in [-0.2, 0) is 26.3 Å². The Kier molecular flexibility index (Phi) is 3.94. The van der Waals surface area contributed by atoms with Crippen molar-refractivity contribution in [1.29, 1.82) is 0 Å². The zero-order valence-electron chi connectivity index (χ0n) is 12.3. The molecule has 3 nitrogen and oxygen atoms in total. The van der Waals surface area contributed by atoms with Gasteiger partial charge in [-0.3, -0.25) is 4.68 Å². The fourth-order valence-corrected chi connectivity index (χ4v) is 4.28. The fraction of sp³-hybridized carbons (Fsp3) is 0.562. The molecule has 2 N–H and O–H groups in total. The van der Waals surface area contributed by atoms with Crippen LogP contribution in [-0.4, -0.2) is 15.8 Å². The van der Waals surface area contributed by atoms with Gasteiger partial charge in [-0.2, -0.15) is 5.10 Å². The van der Waals surface area contributed by atoms with Gasteiger partial charge in [-0.1, -0.05) is 6.92 Å². The third kappa shape index (κ3) is 2.54. The Balaban J connectivity index is 1.77. The summed E-state index contributed by atoms with van der Waals surface area (Å²) in [6, 6.07) is 4.69. The van der Waals surface area contributed by atoms with Crippen LogP contribution in [0.25, 0.3) is 0 Å². The van der Waals surface area contributed by atoms with E-state index in [9.17, 15) is 0 Å². The van der Waals surface area contributed by atoms with Crippen LogP contribution in [0.4, 0.5) is 0 Å². The van der Waals surface area contributed by atoms with Crippen LogP contribution >= 0.6 is 11.3 Å². The molecule has 108 valence electrons. The lowest BCUT2D eigenvalue weighted by atomic mass is 9.81. The average Bonchev–Trinajstić information content (AvgIpc) is 3.05. The molecule has 0 aliphatic heterocycles. The van der Waals surface area contributed by atoms with Gasteiger partial charge in [-0.05, 0) is 48.8 Å². The molecule has 3 rings (SSSR count). The first-order valence-electron chi connectivity index (χ1n) is 7.52. The van der Waals surface area contributed by atoms with Gasteiger partial charge in [0.25, 0.3) is 0 Å². The molecule has 0 fully saturated rings. The molecule has 1 aliphatic carbocycles. The number of aryl methyl sites for hydroxylation is 3. The van der Waals surface area contributed by atoms with Gasteiger partial charge in [0.2, 0.25) is 0 Å². The Hall–Kier alpha value is -1.13. The number of hydrogen-bond donors (Lipinski definition) is 1. The van der Waals surface area contributed by atoms with Crippen molar-refractivity contribution in [3.8, 4) is 0 Å². The second-order valence-corrected chi connectivity index (χ2v) is 6.77. The monoisotopic (exact) mass is 289 g/mol. The molecular weight excluding hydrogens is 266 g/mol. The minimum atomic E-state index is 0.198. The summed E-state index contributed by atoms with van der Waals surface area (Å²) in [5.74, 6) is 0.518. The number of nitrogens with two attached hydrogens (primary N) is 1. The number of hydrogen-bond acceptors (Lipinski definition) is 3. The normalized spacial score (nSPS) is 19.9. The van der Waals surface area contributed by atoms with Crippen LogP contribution in [0.2, 0.25) is 0 Å². The van der Waals surface area contributed by atoms with E-state index in [0.717, 1.165) is 18.5 Å². The second-order valence-electron chi connectivity index (χ2n) is 5.77. The molecule has 0 saturated heterocycles. The first kappa shape index (κ1) is 13.8. The lowest BCUT2D eigenvalue weighted by Gasteiger charge is -2.28. The van der Waals surface area contributed by atoms with E-state index in [1.54, 1.807) is 4.88 Å². The van der Waals surface area contributed by atoms with Crippen molar-refractivity contribution in [3.05, 3.63) is 39.3 Å². The van der Waals surface area contributed by atoms with Crippen LogP contribution in [0.1, 0.15) is 47.5 Å². The largest absolute Gasteiger partial charge is 0.327 e. The molecular formula is C16H23N3S. The van der Waals surface area contributed by atoms with Crippen molar-refractivity contribution in [3.63, 3.8) is 0 Å².